The van der Waals surface area contributed by atoms with E-state index in [0.717, 1.165) is 5.69 Å². The topological polar surface area (TPSA) is 54.9 Å². The highest BCUT2D eigenvalue weighted by Crippen LogP contribution is 2.00. The average molecular weight is 202 g/mol. The number of aromatic amines is 1. The van der Waals surface area contributed by atoms with Gasteiger partial charge in [0.1, 0.15) is 0 Å². The van der Waals surface area contributed by atoms with Crippen molar-refractivity contribution in [1.29, 1.82) is 0 Å². The van der Waals surface area contributed by atoms with Gasteiger partial charge in [-0.1, -0.05) is 0 Å². The van der Waals surface area contributed by atoms with Gasteiger partial charge in [-0.2, -0.15) is 0 Å². The molecule has 0 aliphatic rings. The number of hydrogen-bond acceptors (Lipinski definition) is 2. The smallest absolute Gasteiger partial charge is 0.266 e. The third kappa shape index (κ3) is 2.55. The maximum atomic E-state index is 11.3. The van der Waals surface area contributed by atoms with Crippen LogP contribution in [0, 0.1) is 0 Å². The fourth-order valence-corrected chi connectivity index (χ4v) is 1.72. The zero-order valence-electron chi connectivity index (χ0n) is 8.03. The zero-order valence-corrected chi connectivity index (χ0v) is 8.85. The summed E-state index contributed by atoms with van der Waals surface area (Å²) in [4.78, 5) is 11.3. The molecule has 4 nitrogen and oxygen atoms in total. The molecule has 0 fully saturated rings. The number of H-pyrrole nitrogens is 1. The van der Waals surface area contributed by atoms with Crippen molar-refractivity contribution in [2.45, 2.75) is 25.6 Å². The number of nitrogens with zero attached hydrogens (tertiary/aromatic N) is 1. The molecule has 1 atom stereocenters. The maximum Gasteiger partial charge on any atom is 0.266 e. The highest BCUT2D eigenvalue weighted by Gasteiger charge is 2.06. The van der Waals surface area contributed by atoms with Crippen LogP contribution in [0.1, 0.15) is 25.6 Å². The van der Waals surface area contributed by atoms with E-state index in [1.807, 2.05) is 13.8 Å². The molecule has 1 unspecified atom stereocenters. The Balaban J connectivity index is 2.95. The molecule has 0 saturated heterocycles. The Labute approximate surface area is 79.4 Å². The van der Waals surface area contributed by atoms with E-state index in [-0.39, 0.29) is 11.6 Å². The van der Waals surface area contributed by atoms with Crippen LogP contribution in [0.4, 0.5) is 0 Å². The quantitative estimate of drug-likeness (QED) is 0.782. The molecular formula is C8H14N2O2S. The lowest BCUT2D eigenvalue weighted by atomic mass is 10.4. The lowest BCUT2D eigenvalue weighted by Crippen LogP contribution is -2.17. The molecule has 1 rings (SSSR count). The Bertz CT molecular complexity index is 364. The van der Waals surface area contributed by atoms with Gasteiger partial charge in [-0.15, -0.1) is 0 Å². The van der Waals surface area contributed by atoms with Crippen LogP contribution in [0.2, 0.25) is 0 Å². The number of rotatable bonds is 3. The van der Waals surface area contributed by atoms with Crippen LogP contribution in [0.5, 0.6) is 0 Å². The van der Waals surface area contributed by atoms with Crippen molar-refractivity contribution in [3.8, 4) is 0 Å². The van der Waals surface area contributed by atoms with Crippen molar-refractivity contribution in [3.63, 3.8) is 0 Å². The summed E-state index contributed by atoms with van der Waals surface area (Å²) in [6, 6.07) is 1.62. The van der Waals surface area contributed by atoms with Gasteiger partial charge in [-0.3, -0.25) is 18.8 Å². The van der Waals surface area contributed by atoms with Gasteiger partial charge >= 0.3 is 0 Å². The van der Waals surface area contributed by atoms with Crippen molar-refractivity contribution in [1.82, 2.24) is 9.78 Å². The summed E-state index contributed by atoms with van der Waals surface area (Å²) in [6.07, 6.45) is 1.62. The zero-order chi connectivity index (χ0) is 10.0. The first-order valence-corrected chi connectivity index (χ1v) is 5.84. The Hall–Kier alpha value is -0.840. The van der Waals surface area contributed by atoms with Crippen molar-refractivity contribution in [3.05, 3.63) is 22.1 Å². The van der Waals surface area contributed by atoms with Crippen LogP contribution in [0.25, 0.3) is 0 Å². The molecule has 5 heteroatoms. The first kappa shape index (κ1) is 10.2. The second kappa shape index (κ2) is 3.91. The Morgan fingerprint density at radius 3 is 2.62 bits per heavy atom. The summed E-state index contributed by atoms with van der Waals surface area (Å²) in [5.41, 5.74) is 0.676. The third-order valence-electron chi connectivity index (χ3n) is 1.67. The standard InChI is InChI=1S/C8H14N2O2S/c1-6(2)10-8(11)4-7(9-10)5-13(3)12/h4,6,9H,5H2,1-3H3. The second-order valence-corrected chi connectivity index (χ2v) is 4.74. The molecule has 74 valence electrons. The number of aromatic nitrogens is 2. The Kier molecular flexibility index (Phi) is 3.08. The van der Waals surface area contributed by atoms with E-state index in [9.17, 15) is 9.00 Å². The van der Waals surface area contributed by atoms with Crippen LogP contribution in [0.15, 0.2) is 10.9 Å². The summed E-state index contributed by atoms with van der Waals surface area (Å²) < 4.78 is 12.4. The highest BCUT2D eigenvalue weighted by atomic mass is 32.2. The molecule has 0 bridgehead atoms. The van der Waals surface area contributed by atoms with Gasteiger partial charge < -0.3 is 0 Å². The van der Waals surface area contributed by atoms with E-state index < -0.39 is 10.8 Å². The second-order valence-electron chi connectivity index (χ2n) is 3.30. The monoisotopic (exact) mass is 202 g/mol. The largest absolute Gasteiger partial charge is 0.299 e. The van der Waals surface area contributed by atoms with Crippen LogP contribution in [0.3, 0.4) is 0 Å². The molecule has 0 amide bonds. The van der Waals surface area contributed by atoms with Crippen molar-refractivity contribution >= 4 is 10.8 Å². The van der Waals surface area contributed by atoms with Crippen molar-refractivity contribution < 1.29 is 4.21 Å². The first-order chi connectivity index (χ1) is 6.00. The predicted octanol–water partition coefficient (Wildman–Crippen LogP) is 0.636. The summed E-state index contributed by atoms with van der Waals surface area (Å²) in [5, 5.41) is 2.92. The van der Waals surface area contributed by atoms with Gasteiger partial charge in [-0.05, 0) is 13.8 Å². The minimum Gasteiger partial charge on any atom is -0.299 e. The van der Waals surface area contributed by atoms with Crippen molar-refractivity contribution in [2.75, 3.05) is 6.26 Å². The molecule has 0 aliphatic carbocycles. The van der Waals surface area contributed by atoms with Crippen LogP contribution in [-0.2, 0) is 16.6 Å². The lowest BCUT2D eigenvalue weighted by Gasteiger charge is -2.04. The predicted molar refractivity (Wildman–Crippen MR) is 53.2 cm³/mol. The fourth-order valence-electron chi connectivity index (χ4n) is 1.14. The molecule has 1 aromatic rings. The van der Waals surface area contributed by atoms with E-state index in [0.29, 0.717) is 5.75 Å². The van der Waals surface area contributed by atoms with Crippen molar-refractivity contribution in [2.24, 2.45) is 0 Å². The minimum atomic E-state index is -0.908. The summed E-state index contributed by atoms with van der Waals surface area (Å²) in [7, 11) is -0.908. The van der Waals surface area contributed by atoms with Gasteiger partial charge in [0.15, 0.2) is 0 Å². The fraction of sp³-hybridized carbons (Fsp3) is 0.625. The van der Waals surface area contributed by atoms with E-state index in [1.54, 1.807) is 6.26 Å². The molecule has 0 radical (unpaired) electrons. The lowest BCUT2D eigenvalue weighted by molar-refractivity contribution is 0.513. The molecule has 13 heavy (non-hydrogen) atoms. The summed E-state index contributed by atoms with van der Waals surface area (Å²) >= 11 is 0. The van der Waals surface area contributed by atoms with Gasteiger partial charge in [0.05, 0.1) is 5.75 Å². The maximum absolute atomic E-state index is 11.3. The first-order valence-electron chi connectivity index (χ1n) is 4.11. The van der Waals surface area contributed by atoms with Crippen LogP contribution < -0.4 is 5.56 Å². The van der Waals surface area contributed by atoms with Gasteiger partial charge in [-0.25, -0.2) is 0 Å². The van der Waals surface area contributed by atoms with E-state index in [4.69, 9.17) is 0 Å². The SMILES string of the molecule is CC(C)n1[nH]c(CS(C)=O)cc1=O. The van der Waals surface area contributed by atoms with Crippen LogP contribution >= 0.6 is 0 Å². The molecule has 0 aromatic carbocycles. The Morgan fingerprint density at radius 2 is 2.23 bits per heavy atom. The van der Waals surface area contributed by atoms with Crippen LogP contribution in [-0.4, -0.2) is 20.2 Å². The number of nitrogens with one attached hydrogen (secondary N) is 1. The van der Waals surface area contributed by atoms with E-state index >= 15 is 0 Å². The molecule has 0 saturated carbocycles. The highest BCUT2D eigenvalue weighted by molar-refractivity contribution is 7.83. The molecule has 1 N–H and O–H groups in total. The minimum absolute atomic E-state index is 0.0598. The van der Waals surface area contributed by atoms with E-state index in [2.05, 4.69) is 5.10 Å². The summed E-state index contributed by atoms with van der Waals surface area (Å²) in [5.74, 6) is 0.412. The van der Waals surface area contributed by atoms with E-state index in [1.165, 1.54) is 10.7 Å². The Morgan fingerprint density at radius 1 is 1.62 bits per heavy atom. The summed E-state index contributed by atoms with van der Waals surface area (Å²) in [6.45, 7) is 3.84. The molecule has 1 heterocycles. The molecule has 1 aromatic heterocycles. The van der Waals surface area contributed by atoms with Gasteiger partial charge in [0.2, 0.25) is 0 Å². The third-order valence-corrected chi connectivity index (χ3v) is 2.39. The average Bonchev–Trinajstić information content (AvgIpc) is 2.29. The van der Waals surface area contributed by atoms with Gasteiger partial charge in [0.25, 0.3) is 5.56 Å². The molecule has 0 aliphatic heterocycles. The normalized spacial score (nSPS) is 13.5. The molecule has 0 spiro atoms. The molecular weight excluding hydrogens is 188 g/mol. The van der Waals surface area contributed by atoms with Gasteiger partial charge in [0, 0.05) is 34.9 Å². The number of hydrogen-bond donors (Lipinski definition) is 1.